The number of nitrogens with zero attached hydrogens (tertiary/aromatic N) is 1. The second kappa shape index (κ2) is 36.5. The molecule has 0 fully saturated rings. The SMILES string of the molecule is CCC/C=C\CCCC/C=C\CCCCC(=O)O[C@H](COC(=O)CCCCCCCCCCCCCCCCC)COP(=O)(O)C(CC)[N+](C)(C)CCC(O)O. The molecule has 0 bridgehead atoms. The molecule has 0 aliphatic heterocycles. The smallest absolute Gasteiger partial charge is 0.385 e. The van der Waals surface area contributed by atoms with Crippen molar-refractivity contribution in [3.63, 3.8) is 0 Å². The van der Waals surface area contributed by atoms with Gasteiger partial charge in [-0.15, -0.1) is 0 Å². The second-order valence-corrected chi connectivity index (χ2v) is 18.3. The third-order valence-corrected chi connectivity index (χ3v) is 12.7. The molecule has 56 heavy (non-hydrogen) atoms. The van der Waals surface area contributed by atoms with Crippen LogP contribution in [0.25, 0.3) is 0 Å². The van der Waals surface area contributed by atoms with Crippen molar-refractivity contribution in [3.8, 4) is 0 Å². The van der Waals surface area contributed by atoms with Gasteiger partial charge in [-0.3, -0.25) is 14.2 Å². The van der Waals surface area contributed by atoms with Gasteiger partial charge in [-0.2, -0.15) is 0 Å². The summed E-state index contributed by atoms with van der Waals surface area (Å²) in [5.41, 5.74) is 0. The molecule has 0 heterocycles. The predicted octanol–water partition coefficient (Wildman–Crippen LogP) is 11.5. The van der Waals surface area contributed by atoms with E-state index in [2.05, 4.69) is 38.2 Å². The van der Waals surface area contributed by atoms with Gasteiger partial charge in [0, 0.05) is 25.7 Å². The van der Waals surface area contributed by atoms with E-state index in [4.69, 9.17) is 14.0 Å². The summed E-state index contributed by atoms with van der Waals surface area (Å²) in [6.45, 7) is 5.79. The van der Waals surface area contributed by atoms with Gasteiger partial charge < -0.3 is 33.6 Å². The summed E-state index contributed by atoms with van der Waals surface area (Å²) in [4.78, 5) is 36.5. The Morgan fingerprint density at radius 3 is 1.54 bits per heavy atom. The van der Waals surface area contributed by atoms with E-state index >= 15 is 0 Å². The standard InChI is InChI=1S/C45H86NO9P/c1-6-9-11-13-15-17-19-21-22-24-25-27-29-31-33-35-44(49)53-39-41(40-54-56(51,52)42(8-3)46(4,5)38-37-43(47)48)55-45(50)36-34-32-30-28-26-23-20-18-16-14-12-10-7-2/h12,14,26,28,41-43,47-48H,6-11,13,15-25,27,29-40H2,1-5H3/p+1/b14-12-,28-26-/t41-,42?/m1/s1. The molecule has 2 unspecified atom stereocenters. The Bertz CT molecular complexity index is 1050. The van der Waals surface area contributed by atoms with Crippen LogP contribution >= 0.6 is 7.60 Å². The number of hydrogen-bond donors (Lipinski definition) is 3. The number of rotatable bonds is 40. The van der Waals surface area contributed by atoms with E-state index < -0.39 is 38.3 Å². The number of unbranched alkanes of at least 4 members (excludes halogenated alkanes) is 20. The van der Waals surface area contributed by atoms with Gasteiger partial charge in [0.1, 0.15) is 6.61 Å². The molecule has 330 valence electrons. The first-order valence-corrected chi connectivity index (χ1v) is 24.3. The van der Waals surface area contributed by atoms with Gasteiger partial charge in [0.05, 0.1) is 27.2 Å². The zero-order valence-electron chi connectivity index (χ0n) is 36.6. The van der Waals surface area contributed by atoms with Crippen LogP contribution in [0.4, 0.5) is 0 Å². The topological polar surface area (TPSA) is 140 Å². The minimum atomic E-state index is -4.26. The molecule has 10 nitrogen and oxygen atoms in total. The van der Waals surface area contributed by atoms with E-state index in [-0.39, 0.29) is 42.9 Å². The minimum absolute atomic E-state index is 0.0332. The van der Waals surface area contributed by atoms with Gasteiger partial charge in [-0.25, -0.2) is 0 Å². The Morgan fingerprint density at radius 2 is 1.05 bits per heavy atom. The molecular weight excluding hydrogens is 729 g/mol. The molecule has 0 amide bonds. The van der Waals surface area contributed by atoms with E-state index in [0.717, 1.165) is 57.8 Å². The molecule has 0 saturated heterocycles. The van der Waals surface area contributed by atoms with Crippen molar-refractivity contribution in [1.29, 1.82) is 0 Å². The summed E-state index contributed by atoms with van der Waals surface area (Å²) in [6.07, 6.45) is 34.9. The van der Waals surface area contributed by atoms with Gasteiger partial charge in [0.2, 0.25) is 0 Å². The lowest BCUT2D eigenvalue weighted by Gasteiger charge is -2.39. The van der Waals surface area contributed by atoms with Crippen LogP contribution in [-0.2, 0) is 28.2 Å². The summed E-state index contributed by atoms with van der Waals surface area (Å²) in [7, 11) is -0.783. The Balaban J connectivity index is 4.76. The number of quaternary nitrogens is 1. The van der Waals surface area contributed by atoms with Crippen LogP contribution in [-0.4, -0.2) is 83.6 Å². The Morgan fingerprint density at radius 1 is 0.607 bits per heavy atom. The molecule has 0 aliphatic rings. The van der Waals surface area contributed by atoms with Crippen LogP contribution in [0.2, 0.25) is 0 Å². The fourth-order valence-electron chi connectivity index (χ4n) is 6.95. The number of ether oxygens (including phenoxy) is 2. The summed E-state index contributed by atoms with van der Waals surface area (Å²) in [5.74, 6) is -1.70. The Kier molecular flexibility index (Phi) is 35.5. The van der Waals surface area contributed by atoms with Crippen LogP contribution in [0, 0.1) is 0 Å². The van der Waals surface area contributed by atoms with Gasteiger partial charge in [-0.05, 0) is 57.8 Å². The lowest BCUT2D eigenvalue weighted by Crippen LogP contribution is -2.50. The maximum Gasteiger partial charge on any atom is 0.385 e. The quantitative estimate of drug-likeness (QED) is 0.0138. The van der Waals surface area contributed by atoms with Gasteiger partial charge >= 0.3 is 19.5 Å². The summed E-state index contributed by atoms with van der Waals surface area (Å²) in [5, 5.41) is 18.7. The molecule has 0 radical (unpaired) electrons. The molecular formula is C45H87NO9P+. The highest BCUT2D eigenvalue weighted by Crippen LogP contribution is 2.52. The van der Waals surface area contributed by atoms with Crippen LogP contribution in [0.3, 0.4) is 0 Å². The molecule has 0 aromatic heterocycles. The molecule has 0 spiro atoms. The molecule has 0 aromatic carbocycles. The normalized spacial score (nSPS) is 14.4. The largest absolute Gasteiger partial charge is 0.462 e. The van der Waals surface area contributed by atoms with E-state index in [1.165, 1.54) is 89.9 Å². The summed E-state index contributed by atoms with van der Waals surface area (Å²) >= 11 is 0. The van der Waals surface area contributed by atoms with E-state index in [1.807, 2.05) is 0 Å². The van der Waals surface area contributed by atoms with Crippen molar-refractivity contribution in [1.82, 2.24) is 0 Å². The average Bonchev–Trinajstić information content (AvgIpc) is 3.15. The number of carbonyl (C=O) groups excluding carboxylic acids is 2. The number of allylic oxidation sites excluding steroid dienone is 4. The van der Waals surface area contributed by atoms with E-state index in [9.17, 15) is 29.3 Å². The molecule has 0 aromatic rings. The Hall–Kier alpha value is -1.55. The number of carbonyl (C=O) groups is 2. The van der Waals surface area contributed by atoms with Crippen molar-refractivity contribution in [2.24, 2.45) is 0 Å². The fraction of sp³-hybridized carbons (Fsp3) is 0.867. The predicted molar refractivity (Wildman–Crippen MR) is 230 cm³/mol. The lowest BCUT2D eigenvalue weighted by molar-refractivity contribution is -0.903. The van der Waals surface area contributed by atoms with Crippen LogP contribution in [0.5, 0.6) is 0 Å². The van der Waals surface area contributed by atoms with Crippen molar-refractivity contribution in [2.45, 2.75) is 219 Å². The third-order valence-electron chi connectivity index (χ3n) is 10.5. The third kappa shape index (κ3) is 32.4. The average molecular weight is 817 g/mol. The maximum absolute atomic E-state index is 13.5. The molecule has 0 saturated carbocycles. The van der Waals surface area contributed by atoms with Crippen LogP contribution in [0.1, 0.15) is 201 Å². The zero-order chi connectivity index (χ0) is 41.8. The van der Waals surface area contributed by atoms with Crippen molar-refractivity contribution in [3.05, 3.63) is 24.3 Å². The number of aliphatic hydroxyl groups is 2. The number of esters is 2. The summed E-state index contributed by atoms with van der Waals surface area (Å²) < 4.78 is 30.2. The molecule has 11 heteroatoms. The lowest BCUT2D eigenvalue weighted by atomic mass is 10.0. The van der Waals surface area contributed by atoms with Gasteiger partial charge in [0.25, 0.3) is 0 Å². The van der Waals surface area contributed by atoms with Crippen molar-refractivity contribution >= 4 is 19.5 Å². The fourth-order valence-corrected chi connectivity index (χ4v) is 8.87. The highest BCUT2D eigenvalue weighted by molar-refractivity contribution is 7.53. The molecule has 0 rings (SSSR count). The van der Waals surface area contributed by atoms with Gasteiger partial charge in [0.15, 0.2) is 18.2 Å². The molecule has 3 atom stereocenters. The highest BCUT2D eigenvalue weighted by Gasteiger charge is 2.44. The first-order valence-electron chi connectivity index (χ1n) is 22.7. The zero-order valence-corrected chi connectivity index (χ0v) is 37.5. The van der Waals surface area contributed by atoms with Crippen molar-refractivity contribution in [2.75, 3.05) is 33.9 Å². The minimum Gasteiger partial charge on any atom is -0.462 e. The number of hydrogen-bond acceptors (Lipinski definition) is 8. The van der Waals surface area contributed by atoms with Crippen LogP contribution < -0.4 is 0 Å². The molecule has 0 aliphatic carbocycles. The monoisotopic (exact) mass is 817 g/mol. The van der Waals surface area contributed by atoms with E-state index in [0.29, 0.717) is 12.8 Å². The van der Waals surface area contributed by atoms with Crippen molar-refractivity contribution < 1.29 is 47.7 Å². The molecule has 3 N–H and O–H groups in total. The number of aliphatic hydroxyl groups excluding tert-OH is 1. The van der Waals surface area contributed by atoms with Crippen LogP contribution in [0.15, 0.2) is 24.3 Å². The first-order chi connectivity index (χ1) is 26.9. The maximum atomic E-state index is 13.5. The second-order valence-electron chi connectivity index (χ2n) is 16.3. The van der Waals surface area contributed by atoms with Gasteiger partial charge in [-0.1, -0.05) is 141 Å². The summed E-state index contributed by atoms with van der Waals surface area (Å²) in [6, 6.07) is 0. The Labute approximate surface area is 343 Å². The highest BCUT2D eigenvalue weighted by atomic mass is 31.2. The first kappa shape index (κ1) is 54.5. The van der Waals surface area contributed by atoms with E-state index in [1.54, 1.807) is 21.0 Å².